The Morgan fingerprint density at radius 2 is 1.92 bits per heavy atom. The van der Waals surface area contributed by atoms with Crippen molar-refractivity contribution in [2.24, 2.45) is 0 Å². The van der Waals surface area contributed by atoms with Gasteiger partial charge in [0.2, 0.25) is 5.88 Å². The molecule has 0 saturated carbocycles. The summed E-state index contributed by atoms with van der Waals surface area (Å²) in [5.74, 6) is 1.85. The Balaban J connectivity index is 1.20. The zero-order valence-electron chi connectivity index (χ0n) is 20.7. The summed E-state index contributed by atoms with van der Waals surface area (Å²) in [5.41, 5.74) is 5.77. The fraction of sp³-hybridized carbons (Fsp3) is 0.148. The number of H-pyrrole nitrogens is 1. The summed E-state index contributed by atoms with van der Waals surface area (Å²) >= 11 is 0. The van der Waals surface area contributed by atoms with Crippen LogP contribution in [0.4, 0.5) is 11.5 Å². The zero-order valence-corrected chi connectivity index (χ0v) is 20.7. The molecule has 0 bridgehead atoms. The van der Waals surface area contributed by atoms with Crippen LogP contribution in [0.1, 0.15) is 22.5 Å². The van der Waals surface area contributed by atoms with Crippen molar-refractivity contribution in [3.63, 3.8) is 0 Å². The Labute approximate surface area is 217 Å². The van der Waals surface area contributed by atoms with E-state index in [-0.39, 0.29) is 12.2 Å². The number of ketones is 1. The zero-order chi connectivity index (χ0) is 26.1. The van der Waals surface area contributed by atoms with Crippen LogP contribution in [0.2, 0.25) is 0 Å². The number of hydrogen-bond donors (Lipinski definition) is 2. The van der Waals surface area contributed by atoms with Gasteiger partial charge in [-0.15, -0.1) is 10.2 Å². The molecule has 0 spiro atoms. The molecule has 2 N–H and O–H groups in total. The summed E-state index contributed by atoms with van der Waals surface area (Å²) in [4.78, 5) is 25.8. The van der Waals surface area contributed by atoms with Gasteiger partial charge in [0.25, 0.3) is 0 Å². The third kappa shape index (κ3) is 4.89. The van der Waals surface area contributed by atoms with Gasteiger partial charge >= 0.3 is 0 Å². The van der Waals surface area contributed by atoms with E-state index in [1.54, 1.807) is 23.1 Å². The van der Waals surface area contributed by atoms with E-state index >= 15 is 0 Å². The fourth-order valence-electron chi connectivity index (χ4n) is 4.23. The Hall–Kier alpha value is -5.19. The molecule has 0 amide bonds. The molecule has 6 aromatic rings. The number of ether oxygens (including phenoxy) is 1. The average Bonchev–Trinajstić information content (AvgIpc) is 3.54. The van der Waals surface area contributed by atoms with Gasteiger partial charge in [0, 0.05) is 29.3 Å². The van der Waals surface area contributed by atoms with Crippen LogP contribution in [0.25, 0.3) is 16.6 Å². The van der Waals surface area contributed by atoms with Gasteiger partial charge in [-0.25, -0.2) is 15.0 Å². The molecular weight excluding hydrogens is 482 g/mol. The summed E-state index contributed by atoms with van der Waals surface area (Å²) in [6.07, 6.45) is 5.30. The molecule has 188 valence electrons. The van der Waals surface area contributed by atoms with Crippen LogP contribution in [0.3, 0.4) is 0 Å². The lowest BCUT2D eigenvalue weighted by Crippen LogP contribution is -2.07. The molecule has 11 nitrogen and oxygen atoms in total. The molecular formula is C27H23N9O2. The summed E-state index contributed by atoms with van der Waals surface area (Å²) in [5, 5.41) is 19.1. The molecule has 11 heteroatoms. The van der Waals surface area contributed by atoms with E-state index in [2.05, 4.69) is 40.7 Å². The number of nitrogens with one attached hydrogen (secondary N) is 2. The molecule has 0 aliphatic carbocycles. The van der Waals surface area contributed by atoms with Crippen molar-refractivity contribution >= 4 is 33.8 Å². The second-order valence-electron chi connectivity index (χ2n) is 9.04. The largest absolute Gasteiger partial charge is 0.439 e. The Morgan fingerprint density at radius 3 is 2.76 bits per heavy atom. The first-order valence-electron chi connectivity index (χ1n) is 12.0. The summed E-state index contributed by atoms with van der Waals surface area (Å²) < 4.78 is 7.68. The highest BCUT2D eigenvalue weighted by molar-refractivity contribution is 5.92. The maximum absolute atomic E-state index is 12.6. The number of carbonyl (C=O) groups is 1. The second kappa shape index (κ2) is 9.69. The molecule has 0 atom stereocenters. The first-order valence-corrected chi connectivity index (χ1v) is 12.0. The van der Waals surface area contributed by atoms with E-state index in [0.717, 1.165) is 39.1 Å². The number of fused-ring (bicyclic) bond motifs is 2. The summed E-state index contributed by atoms with van der Waals surface area (Å²) in [7, 11) is 0. The summed E-state index contributed by atoms with van der Waals surface area (Å²) in [6, 6.07) is 15.2. The van der Waals surface area contributed by atoms with Gasteiger partial charge in [0.05, 0.1) is 17.6 Å². The van der Waals surface area contributed by atoms with Gasteiger partial charge in [-0.05, 0) is 61.4 Å². The van der Waals surface area contributed by atoms with Crippen molar-refractivity contribution in [2.45, 2.75) is 26.7 Å². The molecule has 6 rings (SSSR count). The number of anilines is 2. The number of hydrogen-bond acceptors (Lipinski definition) is 9. The number of aromatic nitrogens is 8. The number of carbonyl (C=O) groups excluding carboxylic acids is 1. The van der Waals surface area contributed by atoms with Crippen LogP contribution in [-0.2, 0) is 17.6 Å². The van der Waals surface area contributed by atoms with Gasteiger partial charge in [0.15, 0.2) is 5.65 Å². The standard InChI is InChI=1S/C27H23N9O2/c1-16-7-19(4-6-24(16)38-26-12-25-35-31-15-36(25)14-30-26)32-27-22-10-18(3-5-23(22)28-13-29-27)9-21(37)11-20-8-17(2)33-34-20/h3-8,10,12-15H,9,11H2,1-2H3,(H,33,34)(H,28,29,32). The number of rotatable bonds is 8. The highest BCUT2D eigenvalue weighted by atomic mass is 16.5. The number of aromatic amines is 1. The molecule has 38 heavy (non-hydrogen) atoms. The van der Waals surface area contributed by atoms with Crippen molar-refractivity contribution in [1.82, 2.24) is 39.7 Å². The van der Waals surface area contributed by atoms with E-state index in [4.69, 9.17) is 4.74 Å². The van der Waals surface area contributed by atoms with Gasteiger partial charge in [-0.1, -0.05) is 6.07 Å². The minimum absolute atomic E-state index is 0.0890. The van der Waals surface area contributed by atoms with Gasteiger partial charge in [-0.2, -0.15) is 5.10 Å². The second-order valence-corrected chi connectivity index (χ2v) is 9.04. The maximum atomic E-state index is 12.6. The number of aryl methyl sites for hydroxylation is 2. The molecule has 0 radical (unpaired) electrons. The molecule has 4 heterocycles. The number of nitrogens with zero attached hydrogens (tertiary/aromatic N) is 7. The molecule has 0 fully saturated rings. The lowest BCUT2D eigenvalue weighted by Gasteiger charge is -2.12. The van der Waals surface area contributed by atoms with Crippen LogP contribution in [0.15, 0.2) is 67.5 Å². The number of benzene rings is 2. The highest BCUT2D eigenvalue weighted by Gasteiger charge is 2.12. The van der Waals surface area contributed by atoms with Gasteiger partial charge in [0.1, 0.15) is 36.3 Å². The third-order valence-electron chi connectivity index (χ3n) is 6.05. The summed E-state index contributed by atoms with van der Waals surface area (Å²) in [6.45, 7) is 3.87. The molecule has 0 saturated heterocycles. The van der Waals surface area contributed by atoms with Crippen molar-refractivity contribution in [3.8, 4) is 11.6 Å². The monoisotopic (exact) mass is 505 g/mol. The van der Waals surface area contributed by atoms with Crippen LogP contribution in [-0.4, -0.2) is 45.5 Å². The van der Waals surface area contributed by atoms with Crippen LogP contribution < -0.4 is 10.1 Å². The predicted molar refractivity (Wildman–Crippen MR) is 141 cm³/mol. The quantitative estimate of drug-likeness (QED) is 0.310. The molecule has 0 aliphatic heterocycles. The van der Waals surface area contributed by atoms with Gasteiger partial charge < -0.3 is 10.1 Å². The normalized spacial score (nSPS) is 11.2. The lowest BCUT2D eigenvalue weighted by molar-refractivity contribution is -0.117. The average molecular weight is 506 g/mol. The smallest absolute Gasteiger partial charge is 0.224 e. The van der Waals surface area contributed by atoms with E-state index in [1.165, 1.54) is 6.33 Å². The van der Waals surface area contributed by atoms with E-state index in [0.29, 0.717) is 29.5 Å². The Bertz CT molecular complexity index is 1790. The lowest BCUT2D eigenvalue weighted by atomic mass is 10.0. The fourth-order valence-corrected chi connectivity index (χ4v) is 4.23. The topological polar surface area (TPSA) is 136 Å². The Morgan fingerprint density at radius 1 is 1.00 bits per heavy atom. The molecule has 0 aliphatic rings. The van der Waals surface area contributed by atoms with E-state index in [9.17, 15) is 4.79 Å². The SMILES string of the molecule is Cc1cc(CC(=O)Cc2ccc3ncnc(Nc4ccc(Oc5cc6nncn6cn5)c(C)c4)c3c2)n[nH]1. The van der Waals surface area contributed by atoms with Crippen molar-refractivity contribution in [1.29, 1.82) is 0 Å². The van der Waals surface area contributed by atoms with Crippen LogP contribution in [0.5, 0.6) is 11.6 Å². The minimum atomic E-state index is 0.0890. The van der Waals surface area contributed by atoms with E-state index < -0.39 is 0 Å². The van der Waals surface area contributed by atoms with Gasteiger partial charge in [-0.3, -0.25) is 14.3 Å². The van der Waals surface area contributed by atoms with Crippen molar-refractivity contribution in [3.05, 3.63) is 90.0 Å². The minimum Gasteiger partial charge on any atom is -0.439 e. The third-order valence-corrected chi connectivity index (χ3v) is 6.05. The molecule has 4 aromatic heterocycles. The first kappa shape index (κ1) is 23.2. The van der Waals surface area contributed by atoms with Crippen LogP contribution in [0, 0.1) is 13.8 Å². The highest BCUT2D eigenvalue weighted by Crippen LogP contribution is 2.29. The predicted octanol–water partition coefficient (Wildman–Crippen LogP) is 4.30. The first-order chi connectivity index (χ1) is 18.5. The van der Waals surface area contributed by atoms with E-state index in [1.807, 2.05) is 56.3 Å². The van der Waals surface area contributed by atoms with Crippen molar-refractivity contribution in [2.75, 3.05) is 5.32 Å². The molecule has 0 unspecified atom stereocenters. The van der Waals surface area contributed by atoms with Crippen LogP contribution >= 0.6 is 0 Å². The maximum Gasteiger partial charge on any atom is 0.224 e. The van der Waals surface area contributed by atoms with Crippen molar-refractivity contribution < 1.29 is 9.53 Å². The Kier molecular flexibility index (Phi) is 5.92. The molecule has 2 aromatic carbocycles. The number of Topliss-reactive ketones (excluding diaryl/α,β-unsaturated/α-hetero) is 1.